The molecule has 0 saturated carbocycles. The van der Waals surface area contributed by atoms with E-state index in [0.29, 0.717) is 17.2 Å². The second-order valence-corrected chi connectivity index (χ2v) is 7.02. The number of Topliss-reactive ketones (excluding diaryl/α,β-unsaturated/α-hetero) is 1. The van der Waals surface area contributed by atoms with E-state index in [1.807, 2.05) is 0 Å². The molecule has 1 unspecified atom stereocenters. The van der Waals surface area contributed by atoms with Crippen LogP contribution in [0.2, 0.25) is 5.02 Å². The molecule has 1 aromatic carbocycles. The summed E-state index contributed by atoms with van der Waals surface area (Å²) in [7, 11) is 1.47. The van der Waals surface area contributed by atoms with E-state index in [0.717, 1.165) is 0 Å². The average Bonchev–Trinajstić information content (AvgIpc) is 3.37. The number of aliphatic hydroxyl groups excluding tert-OH is 1. The molecule has 1 aliphatic rings. The molecule has 7 nitrogen and oxygen atoms in total. The Balaban J connectivity index is 1.86. The smallest absolute Gasteiger partial charge is 0.296 e. The van der Waals surface area contributed by atoms with E-state index in [9.17, 15) is 14.7 Å². The lowest BCUT2D eigenvalue weighted by molar-refractivity contribution is -0.140. The average molecular weight is 425 g/mol. The molecule has 1 atom stereocenters. The fourth-order valence-corrected chi connectivity index (χ4v) is 3.62. The number of carbonyl (C=O) groups is 2. The first kappa shape index (κ1) is 19.7. The number of ether oxygens (including phenoxy) is 1. The number of hydrogen-bond acceptors (Lipinski definition) is 6. The van der Waals surface area contributed by atoms with Gasteiger partial charge in [0.1, 0.15) is 23.3 Å². The van der Waals surface area contributed by atoms with Crippen molar-refractivity contribution in [2.24, 2.45) is 0 Å². The fraction of sp³-hybridized carbons (Fsp3) is 0.136. The first-order chi connectivity index (χ1) is 14.5. The Bertz CT molecular complexity index is 1130. The van der Waals surface area contributed by atoms with E-state index in [1.165, 1.54) is 24.3 Å². The van der Waals surface area contributed by atoms with Gasteiger partial charge in [0, 0.05) is 11.8 Å². The van der Waals surface area contributed by atoms with Crippen LogP contribution in [0, 0.1) is 0 Å². The topological polar surface area (TPSA) is 92.9 Å². The second kappa shape index (κ2) is 8.04. The number of hydrogen-bond donors (Lipinski definition) is 1. The van der Waals surface area contributed by atoms with Gasteiger partial charge in [-0.15, -0.1) is 0 Å². The van der Waals surface area contributed by atoms with E-state index in [4.69, 9.17) is 20.8 Å². The molecule has 30 heavy (non-hydrogen) atoms. The minimum absolute atomic E-state index is 0.0689. The predicted octanol–water partition coefficient (Wildman–Crippen LogP) is 3.96. The van der Waals surface area contributed by atoms with Crippen molar-refractivity contribution in [3.05, 3.63) is 88.6 Å². The summed E-state index contributed by atoms with van der Waals surface area (Å²) >= 11 is 6.26. The van der Waals surface area contributed by atoms with Crippen LogP contribution in [0.5, 0.6) is 5.75 Å². The van der Waals surface area contributed by atoms with Gasteiger partial charge in [-0.25, -0.2) is 0 Å². The maximum atomic E-state index is 12.9. The summed E-state index contributed by atoms with van der Waals surface area (Å²) < 4.78 is 10.7. The highest BCUT2D eigenvalue weighted by Gasteiger charge is 2.47. The number of carbonyl (C=O) groups excluding carboxylic acids is 2. The molecular weight excluding hydrogens is 408 g/mol. The number of rotatable bonds is 5. The zero-order valence-corrected chi connectivity index (χ0v) is 16.7. The minimum Gasteiger partial charge on any atom is -0.507 e. The monoisotopic (exact) mass is 424 g/mol. The first-order valence-electron chi connectivity index (χ1n) is 9.07. The van der Waals surface area contributed by atoms with Gasteiger partial charge in [-0.05, 0) is 42.5 Å². The predicted molar refractivity (Wildman–Crippen MR) is 109 cm³/mol. The molecule has 2 aromatic heterocycles. The quantitative estimate of drug-likeness (QED) is 0.378. The van der Waals surface area contributed by atoms with Gasteiger partial charge in [0.25, 0.3) is 11.7 Å². The van der Waals surface area contributed by atoms with Gasteiger partial charge in [-0.1, -0.05) is 17.7 Å². The third-order valence-electron chi connectivity index (χ3n) is 4.84. The van der Waals surface area contributed by atoms with Crippen molar-refractivity contribution in [1.29, 1.82) is 0 Å². The number of aromatic nitrogens is 1. The molecule has 1 saturated heterocycles. The number of likely N-dealkylation sites (tertiary alicyclic amines) is 1. The van der Waals surface area contributed by atoms with Crippen molar-refractivity contribution in [2.75, 3.05) is 7.11 Å². The lowest BCUT2D eigenvalue weighted by Crippen LogP contribution is -2.29. The van der Waals surface area contributed by atoms with Gasteiger partial charge in [0.2, 0.25) is 0 Å². The van der Waals surface area contributed by atoms with Crippen LogP contribution in [0.3, 0.4) is 0 Å². The largest absolute Gasteiger partial charge is 0.507 e. The number of amides is 1. The van der Waals surface area contributed by atoms with Gasteiger partial charge >= 0.3 is 0 Å². The number of pyridine rings is 1. The molecule has 3 aromatic rings. The maximum absolute atomic E-state index is 12.9. The summed E-state index contributed by atoms with van der Waals surface area (Å²) in [5.41, 5.74) is 0.666. The van der Waals surface area contributed by atoms with Crippen LogP contribution in [0.15, 0.2) is 71.0 Å². The summed E-state index contributed by atoms with van der Waals surface area (Å²) in [5.74, 6) is -1.21. The van der Waals surface area contributed by atoms with Gasteiger partial charge in [-0.2, -0.15) is 0 Å². The molecule has 1 N–H and O–H groups in total. The van der Waals surface area contributed by atoms with Crippen LogP contribution in [0.4, 0.5) is 0 Å². The zero-order chi connectivity index (χ0) is 21.3. The molecule has 0 radical (unpaired) electrons. The van der Waals surface area contributed by atoms with E-state index >= 15 is 0 Å². The molecule has 3 heterocycles. The molecule has 1 amide bonds. The number of methoxy groups -OCH3 is 1. The SMILES string of the molecule is COc1ccc(Cl)c(/C(O)=C2/C(=O)C(=O)N(Cc3ccccn3)C2c2ccco2)c1. The number of benzene rings is 1. The molecule has 1 aliphatic heterocycles. The van der Waals surface area contributed by atoms with Gasteiger partial charge < -0.3 is 19.2 Å². The second-order valence-electron chi connectivity index (χ2n) is 6.61. The molecule has 4 rings (SSSR count). The third-order valence-corrected chi connectivity index (χ3v) is 5.17. The number of ketones is 1. The molecule has 1 fully saturated rings. The molecule has 8 heteroatoms. The highest BCUT2D eigenvalue weighted by molar-refractivity contribution is 6.46. The molecule has 0 spiro atoms. The summed E-state index contributed by atoms with van der Waals surface area (Å²) in [6, 6.07) is 12.3. The summed E-state index contributed by atoms with van der Waals surface area (Å²) in [6.07, 6.45) is 3.04. The van der Waals surface area contributed by atoms with Crippen LogP contribution in [0.25, 0.3) is 5.76 Å². The first-order valence-corrected chi connectivity index (χ1v) is 9.44. The van der Waals surface area contributed by atoms with E-state index in [2.05, 4.69) is 4.98 Å². The van der Waals surface area contributed by atoms with Crippen molar-refractivity contribution in [1.82, 2.24) is 9.88 Å². The Kier molecular flexibility index (Phi) is 5.29. The van der Waals surface area contributed by atoms with Gasteiger partial charge in [0.15, 0.2) is 0 Å². The van der Waals surface area contributed by atoms with Crippen LogP contribution < -0.4 is 4.74 Å². The number of furan rings is 1. The van der Waals surface area contributed by atoms with E-state index in [-0.39, 0.29) is 22.7 Å². The molecule has 152 valence electrons. The summed E-state index contributed by atoms with van der Waals surface area (Å²) in [6.45, 7) is 0.0689. The van der Waals surface area contributed by atoms with E-state index < -0.39 is 23.5 Å². The Morgan fingerprint density at radius 1 is 1.23 bits per heavy atom. The van der Waals surface area contributed by atoms with Crippen LogP contribution in [-0.4, -0.2) is 33.8 Å². The van der Waals surface area contributed by atoms with Gasteiger partial charge in [-0.3, -0.25) is 14.6 Å². The lowest BCUT2D eigenvalue weighted by atomic mass is 9.99. The molecule has 0 aliphatic carbocycles. The minimum atomic E-state index is -0.927. The molecule has 0 bridgehead atoms. The standard InChI is InChI=1S/C22H17ClN2O5/c1-29-14-7-8-16(23)15(11-14)20(26)18-19(17-6-4-10-30-17)25(22(28)21(18)27)12-13-5-2-3-9-24-13/h2-11,19,26H,12H2,1H3/b20-18-. The number of aliphatic hydroxyl groups is 1. The maximum Gasteiger partial charge on any atom is 0.296 e. The summed E-state index contributed by atoms with van der Waals surface area (Å²) in [4.78, 5) is 31.4. The van der Waals surface area contributed by atoms with Crippen molar-refractivity contribution in [2.45, 2.75) is 12.6 Å². The fourth-order valence-electron chi connectivity index (χ4n) is 3.41. The van der Waals surface area contributed by atoms with Gasteiger partial charge in [0.05, 0.1) is 36.2 Å². The molecular formula is C22H17ClN2O5. The van der Waals surface area contributed by atoms with Crippen molar-refractivity contribution in [3.8, 4) is 5.75 Å². The third kappa shape index (κ3) is 3.44. The summed E-state index contributed by atoms with van der Waals surface area (Å²) in [5, 5.41) is 11.3. The highest BCUT2D eigenvalue weighted by atomic mass is 35.5. The Hall–Kier alpha value is -3.58. The Morgan fingerprint density at radius 2 is 2.07 bits per heavy atom. The van der Waals surface area contributed by atoms with E-state index in [1.54, 1.807) is 48.7 Å². The number of nitrogens with zero attached hydrogens (tertiary/aromatic N) is 2. The van der Waals surface area contributed by atoms with Crippen LogP contribution >= 0.6 is 11.6 Å². The number of halogens is 1. The van der Waals surface area contributed by atoms with Crippen LogP contribution in [0.1, 0.15) is 23.1 Å². The zero-order valence-electron chi connectivity index (χ0n) is 15.9. The van der Waals surface area contributed by atoms with Crippen molar-refractivity contribution in [3.63, 3.8) is 0 Å². The Labute approximate surface area is 177 Å². The normalized spacial score (nSPS) is 18.1. The highest BCUT2D eigenvalue weighted by Crippen LogP contribution is 2.41. The lowest BCUT2D eigenvalue weighted by Gasteiger charge is -2.23. The van der Waals surface area contributed by atoms with Crippen molar-refractivity contribution < 1.29 is 23.8 Å². The Morgan fingerprint density at radius 3 is 2.73 bits per heavy atom. The van der Waals surface area contributed by atoms with Crippen LogP contribution in [-0.2, 0) is 16.1 Å². The van der Waals surface area contributed by atoms with Crippen molar-refractivity contribution >= 4 is 29.1 Å².